The number of carbonyl (C=O) groups is 1. The number of nitrogens with zero attached hydrogens (tertiary/aromatic N) is 4. The van der Waals surface area contributed by atoms with Crippen molar-refractivity contribution in [1.29, 1.82) is 0 Å². The van der Waals surface area contributed by atoms with E-state index < -0.39 is 17.4 Å². The summed E-state index contributed by atoms with van der Waals surface area (Å²) in [5.41, 5.74) is -0.113. The number of nitrogens with one attached hydrogen (secondary N) is 1. The number of benzene rings is 1. The maximum absolute atomic E-state index is 12.6. The number of aliphatic hydroxyl groups is 1. The molecule has 1 aliphatic rings. The van der Waals surface area contributed by atoms with E-state index in [9.17, 15) is 20.0 Å². The normalized spacial score (nSPS) is 13.3. The molecule has 26 heavy (non-hydrogen) atoms. The Labute approximate surface area is 151 Å². The number of ether oxygens (including phenoxy) is 1. The van der Waals surface area contributed by atoms with Crippen molar-refractivity contribution in [2.75, 3.05) is 6.54 Å². The molecule has 1 aliphatic heterocycles. The van der Waals surface area contributed by atoms with E-state index in [1.165, 1.54) is 6.07 Å². The van der Waals surface area contributed by atoms with E-state index in [4.69, 9.17) is 4.74 Å². The molecule has 0 atom stereocenters. The molecule has 0 radical (unpaired) electrons. The van der Waals surface area contributed by atoms with Crippen LogP contribution in [0.25, 0.3) is 10.1 Å². The molecule has 1 aromatic carbocycles. The van der Waals surface area contributed by atoms with Crippen LogP contribution in [0.3, 0.4) is 0 Å². The zero-order valence-corrected chi connectivity index (χ0v) is 14.7. The van der Waals surface area contributed by atoms with Crippen molar-refractivity contribution in [1.82, 2.24) is 5.32 Å². The summed E-state index contributed by atoms with van der Waals surface area (Å²) in [5.74, 6) is -0.103. The van der Waals surface area contributed by atoms with E-state index >= 15 is 0 Å². The molecular formula is C15H15N5O5S. The highest BCUT2D eigenvalue weighted by Crippen LogP contribution is 2.44. The maximum Gasteiger partial charge on any atom is 0.287 e. The van der Waals surface area contributed by atoms with Crippen molar-refractivity contribution in [3.63, 3.8) is 0 Å². The van der Waals surface area contributed by atoms with Crippen LogP contribution in [0.5, 0.6) is 5.75 Å². The third-order valence-corrected chi connectivity index (χ3v) is 4.62. The van der Waals surface area contributed by atoms with E-state index in [-0.39, 0.29) is 45.7 Å². The van der Waals surface area contributed by atoms with Gasteiger partial charge in [-0.1, -0.05) is 0 Å². The molecule has 0 saturated heterocycles. The van der Waals surface area contributed by atoms with Crippen LogP contribution in [0.15, 0.2) is 27.6 Å². The number of fused-ring (bicyclic) bond motifs is 1. The second-order valence-corrected chi connectivity index (χ2v) is 6.73. The SMILES string of the molecule is CC(C)Oc1c(C(=O)NC2=NN=NC2)sc2ccc(CO)c([N+](=O)[O-])c12. The molecule has 2 N–H and O–H groups in total. The number of carbonyl (C=O) groups excluding carboxylic acids is 1. The van der Waals surface area contributed by atoms with E-state index in [0.717, 1.165) is 11.3 Å². The number of amides is 1. The quantitative estimate of drug-likeness (QED) is 0.609. The average Bonchev–Trinajstić information content (AvgIpc) is 3.21. The van der Waals surface area contributed by atoms with Crippen LogP contribution in [0.4, 0.5) is 5.69 Å². The van der Waals surface area contributed by atoms with Crippen LogP contribution in [0.1, 0.15) is 29.1 Å². The van der Waals surface area contributed by atoms with Crippen LogP contribution in [0, 0.1) is 10.1 Å². The number of hydrogen-bond donors (Lipinski definition) is 2. The van der Waals surface area contributed by atoms with Crippen molar-refractivity contribution in [2.45, 2.75) is 26.6 Å². The first-order valence-electron chi connectivity index (χ1n) is 7.67. The summed E-state index contributed by atoms with van der Waals surface area (Å²) in [6.45, 7) is 3.17. The first-order valence-corrected chi connectivity index (χ1v) is 8.49. The average molecular weight is 377 g/mol. The number of nitro groups is 1. The van der Waals surface area contributed by atoms with Gasteiger partial charge >= 0.3 is 0 Å². The highest BCUT2D eigenvalue weighted by molar-refractivity contribution is 7.21. The van der Waals surface area contributed by atoms with Crippen molar-refractivity contribution in [3.8, 4) is 5.75 Å². The van der Waals surface area contributed by atoms with E-state index in [0.29, 0.717) is 4.70 Å². The lowest BCUT2D eigenvalue weighted by atomic mass is 10.1. The summed E-state index contributed by atoms with van der Waals surface area (Å²) >= 11 is 1.07. The smallest absolute Gasteiger partial charge is 0.287 e. The molecule has 0 bridgehead atoms. The Morgan fingerprint density at radius 1 is 1.50 bits per heavy atom. The van der Waals surface area contributed by atoms with Gasteiger partial charge in [0.1, 0.15) is 16.8 Å². The molecule has 2 heterocycles. The molecule has 136 valence electrons. The fourth-order valence-electron chi connectivity index (χ4n) is 2.49. The van der Waals surface area contributed by atoms with Gasteiger partial charge in [0.05, 0.1) is 23.2 Å². The predicted molar refractivity (Wildman–Crippen MR) is 94.8 cm³/mol. The zero-order valence-electron chi connectivity index (χ0n) is 13.9. The minimum absolute atomic E-state index is 0.118. The summed E-state index contributed by atoms with van der Waals surface area (Å²) in [7, 11) is 0. The minimum Gasteiger partial charge on any atom is -0.488 e. The van der Waals surface area contributed by atoms with Crippen molar-refractivity contribution in [2.24, 2.45) is 15.4 Å². The van der Waals surface area contributed by atoms with Crippen LogP contribution in [-0.4, -0.2) is 34.4 Å². The van der Waals surface area contributed by atoms with Gasteiger partial charge in [-0.25, -0.2) is 0 Å². The minimum atomic E-state index is -0.575. The lowest BCUT2D eigenvalue weighted by Gasteiger charge is -2.11. The van der Waals surface area contributed by atoms with Gasteiger partial charge in [0.15, 0.2) is 11.6 Å². The third-order valence-electron chi connectivity index (χ3n) is 3.49. The molecule has 1 aromatic heterocycles. The molecule has 0 unspecified atom stereocenters. The first-order chi connectivity index (χ1) is 12.4. The van der Waals surface area contributed by atoms with Crippen LogP contribution >= 0.6 is 11.3 Å². The van der Waals surface area contributed by atoms with Crippen molar-refractivity contribution >= 4 is 38.9 Å². The number of aliphatic hydroxyl groups excluding tert-OH is 1. The molecule has 0 fully saturated rings. The first kappa shape index (κ1) is 17.9. The fraction of sp³-hybridized carbons (Fsp3) is 0.333. The summed E-state index contributed by atoms with van der Waals surface area (Å²) < 4.78 is 6.26. The van der Waals surface area contributed by atoms with Gasteiger partial charge in [-0.3, -0.25) is 14.9 Å². The van der Waals surface area contributed by atoms with Gasteiger partial charge in [-0.05, 0) is 31.2 Å². The standard InChI is InChI=1S/C15H15N5O5S/c1-7(2)25-13-11-9(4-3-8(6-21)12(11)20(23)24)26-14(13)15(22)17-10-5-16-19-18-10/h3-4,7,21H,5-6H2,1-2H3,(H,16,17,18,22). The molecule has 11 heteroatoms. The van der Waals surface area contributed by atoms with E-state index in [2.05, 4.69) is 20.8 Å². The number of nitro benzene ring substituents is 1. The monoisotopic (exact) mass is 377 g/mol. The zero-order chi connectivity index (χ0) is 18.8. The number of thiophene rings is 1. The second-order valence-electron chi connectivity index (χ2n) is 5.68. The van der Waals surface area contributed by atoms with Crippen molar-refractivity contribution < 1.29 is 19.6 Å². The fourth-order valence-corrected chi connectivity index (χ4v) is 3.53. The Morgan fingerprint density at radius 2 is 2.27 bits per heavy atom. The highest BCUT2D eigenvalue weighted by atomic mass is 32.1. The van der Waals surface area contributed by atoms with E-state index in [1.54, 1.807) is 19.9 Å². The van der Waals surface area contributed by atoms with Gasteiger partial charge in [-0.2, -0.15) is 5.11 Å². The van der Waals surface area contributed by atoms with Crippen LogP contribution in [0.2, 0.25) is 0 Å². The lowest BCUT2D eigenvalue weighted by Crippen LogP contribution is -2.31. The molecule has 0 spiro atoms. The predicted octanol–water partition coefficient (Wildman–Crippen LogP) is 2.60. The second kappa shape index (κ2) is 7.14. The molecule has 10 nitrogen and oxygen atoms in total. The topological polar surface area (TPSA) is 139 Å². The van der Waals surface area contributed by atoms with Crippen molar-refractivity contribution in [3.05, 3.63) is 32.7 Å². The largest absolute Gasteiger partial charge is 0.488 e. The van der Waals surface area contributed by atoms with Gasteiger partial charge in [0.25, 0.3) is 11.6 Å². The highest BCUT2D eigenvalue weighted by Gasteiger charge is 2.29. The molecule has 1 amide bonds. The molecule has 3 rings (SSSR count). The van der Waals surface area contributed by atoms with Gasteiger partial charge in [0.2, 0.25) is 0 Å². The molecule has 2 aromatic rings. The Morgan fingerprint density at radius 3 is 2.85 bits per heavy atom. The van der Waals surface area contributed by atoms with Gasteiger partial charge in [0, 0.05) is 4.70 Å². The summed E-state index contributed by atoms with van der Waals surface area (Å²) in [5, 5.41) is 34.6. The number of rotatable bonds is 5. The Bertz CT molecular complexity index is 950. The Balaban J connectivity index is 2.17. The number of amidine groups is 1. The van der Waals surface area contributed by atoms with Gasteiger partial charge < -0.3 is 15.2 Å². The Kier molecular flexibility index (Phi) is 4.91. The van der Waals surface area contributed by atoms with Gasteiger partial charge in [-0.15, -0.1) is 16.4 Å². The third kappa shape index (κ3) is 3.26. The van der Waals surface area contributed by atoms with E-state index in [1.807, 2.05) is 0 Å². The molecule has 0 aliphatic carbocycles. The van der Waals surface area contributed by atoms with Crippen LogP contribution in [-0.2, 0) is 6.61 Å². The number of hydrogen-bond acceptors (Lipinski definition) is 9. The summed E-state index contributed by atoms with van der Waals surface area (Å²) in [4.78, 5) is 23.8. The molecule has 0 saturated carbocycles. The maximum atomic E-state index is 12.6. The summed E-state index contributed by atoms with van der Waals surface area (Å²) in [6, 6.07) is 3.09. The summed E-state index contributed by atoms with van der Waals surface area (Å²) in [6.07, 6.45) is -0.314. The lowest BCUT2D eigenvalue weighted by molar-refractivity contribution is -0.384. The Hall–Kier alpha value is -2.92. The molecular weight excluding hydrogens is 362 g/mol. The van der Waals surface area contributed by atoms with Crippen LogP contribution < -0.4 is 10.1 Å².